The maximum atomic E-state index is 11.0. The predicted molar refractivity (Wildman–Crippen MR) is 72.7 cm³/mol. The summed E-state index contributed by atoms with van der Waals surface area (Å²) in [6, 6.07) is 0. The Labute approximate surface area is 108 Å². The van der Waals surface area contributed by atoms with Crippen LogP contribution in [0.15, 0.2) is 6.33 Å². The lowest BCUT2D eigenvalue weighted by molar-refractivity contribution is -0.116. The monoisotopic (exact) mass is 251 g/mol. The first-order chi connectivity index (χ1) is 8.47. The van der Waals surface area contributed by atoms with Crippen LogP contribution in [0.4, 0.5) is 11.6 Å². The highest BCUT2D eigenvalue weighted by Crippen LogP contribution is 2.29. The summed E-state index contributed by atoms with van der Waals surface area (Å²) in [4.78, 5) is 21.3. The van der Waals surface area contributed by atoms with Crippen molar-refractivity contribution >= 4 is 17.5 Å². The molecule has 0 aromatic carbocycles. The Morgan fingerprint density at radius 3 is 2.67 bits per heavy atom. The van der Waals surface area contributed by atoms with Crippen LogP contribution < -0.4 is 16.0 Å². The number of nitrogens with zero attached hydrogens (tertiary/aromatic N) is 3. The largest absolute Gasteiger partial charge is 0.370 e. The van der Waals surface area contributed by atoms with E-state index in [1.807, 2.05) is 6.92 Å². The molecule has 6 nitrogen and oxygen atoms in total. The summed E-state index contributed by atoms with van der Waals surface area (Å²) in [5, 5.41) is 3.21. The van der Waals surface area contributed by atoms with E-state index in [0.717, 1.165) is 23.7 Å². The number of carbonyl (C=O) groups excluding carboxylic acids is 1. The van der Waals surface area contributed by atoms with E-state index in [1.165, 1.54) is 6.33 Å². The predicted octanol–water partition coefficient (Wildman–Crippen LogP) is 0.953. The van der Waals surface area contributed by atoms with E-state index in [2.05, 4.69) is 29.1 Å². The number of amides is 1. The third-order valence-electron chi connectivity index (χ3n) is 2.54. The van der Waals surface area contributed by atoms with Crippen molar-refractivity contribution < 1.29 is 4.79 Å². The third kappa shape index (κ3) is 3.32. The van der Waals surface area contributed by atoms with E-state index in [4.69, 9.17) is 5.73 Å². The lowest BCUT2D eigenvalue weighted by Crippen LogP contribution is -2.32. The Morgan fingerprint density at radius 1 is 1.50 bits per heavy atom. The number of primary amides is 1. The zero-order valence-corrected chi connectivity index (χ0v) is 11.4. The molecule has 6 heteroatoms. The van der Waals surface area contributed by atoms with Gasteiger partial charge in [-0.15, -0.1) is 0 Å². The first-order valence-corrected chi connectivity index (χ1v) is 6.05. The first kappa shape index (κ1) is 14.2. The van der Waals surface area contributed by atoms with Crippen molar-refractivity contribution in [3.8, 4) is 0 Å². The highest BCUT2D eigenvalue weighted by molar-refractivity contribution is 5.79. The fourth-order valence-electron chi connectivity index (χ4n) is 1.84. The minimum absolute atomic E-state index is 0.141. The standard InChI is InChI=1S/C12H21N5O/c1-5-14-11-10(8(2)3)12(16-7-15-11)17(4)6-9(13)18/h7-8H,5-6H2,1-4H3,(H2,13,18)(H,14,15,16). The van der Waals surface area contributed by atoms with E-state index < -0.39 is 0 Å². The second-order valence-corrected chi connectivity index (χ2v) is 4.47. The molecule has 100 valence electrons. The molecule has 0 fully saturated rings. The van der Waals surface area contributed by atoms with Crippen molar-refractivity contribution in [1.82, 2.24) is 9.97 Å². The number of likely N-dealkylation sites (N-methyl/N-ethyl adjacent to an activating group) is 1. The van der Waals surface area contributed by atoms with Crippen LogP contribution in [0.25, 0.3) is 0 Å². The average Bonchev–Trinajstić information content (AvgIpc) is 2.27. The van der Waals surface area contributed by atoms with Gasteiger partial charge in [0.2, 0.25) is 5.91 Å². The zero-order valence-electron chi connectivity index (χ0n) is 11.4. The molecular formula is C12H21N5O. The summed E-state index contributed by atoms with van der Waals surface area (Å²) < 4.78 is 0. The number of nitrogens with two attached hydrogens (primary N) is 1. The molecule has 3 N–H and O–H groups in total. The van der Waals surface area contributed by atoms with Gasteiger partial charge in [0.1, 0.15) is 18.0 Å². The third-order valence-corrected chi connectivity index (χ3v) is 2.54. The van der Waals surface area contributed by atoms with Crippen molar-refractivity contribution in [3.05, 3.63) is 11.9 Å². The molecule has 1 aromatic rings. The highest BCUT2D eigenvalue weighted by atomic mass is 16.1. The number of anilines is 2. The van der Waals surface area contributed by atoms with Crippen LogP contribution in [0.1, 0.15) is 32.3 Å². The van der Waals surface area contributed by atoms with Gasteiger partial charge in [-0.25, -0.2) is 9.97 Å². The number of nitrogens with one attached hydrogen (secondary N) is 1. The lowest BCUT2D eigenvalue weighted by Gasteiger charge is -2.23. The topological polar surface area (TPSA) is 84.1 Å². The van der Waals surface area contributed by atoms with Gasteiger partial charge in [-0.05, 0) is 12.8 Å². The molecule has 0 unspecified atom stereocenters. The van der Waals surface area contributed by atoms with Gasteiger partial charge in [0, 0.05) is 19.2 Å². The minimum atomic E-state index is -0.379. The molecule has 1 aromatic heterocycles. The van der Waals surface area contributed by atoms with Crippen molar-refractivity contribution in [2.24, 2.45) is 5.73 Å². The Hall–Kier alpha value is -1.85. The number of aromatic nitrogens is 2. The fraction of sp³-hybridized carbons (Fsp3) is 0.583. The summed E-state index contributed by atoms with van der Waals surface area (Å²) in [6.07, 6.45) is 1.50. The molecule has 1 amide bonds. The molecule has 0 atom stereocenters. The second kappa shape index (κ2) is 6.18. The van der Waals surface area contributed by atoms with E-state index in [9.17, 15) is 4.79 Å². The number of rotatable bonds is 6. The van der Waals surface area contributed by atoms with Crippen LogP contribution in [-0.4, -0.2) is 36.0 Å². The Morgan fingerprint density at radius 2 is 2.17 bits per heavy atom. The number of carbonyl (C=O) groups is 1. The number of hydrogen-bond donors (Lipinski definition) is 2. The minimum Gasteiger partial charge on any atom is -0.370 e. The van der Waals surface area contributed by atoms with E-state index in [-0.39, 0.29) is 18.4 Å². The van der Waals surface area contributed by atoms with Gasteiger partial charge < -0.3 is 16.0 Å². The first-order valence-electron chi connectivity index (χ1n) is 6.05. The summed E-state index contributed by atoms with van der Waals surface area (Å²) in [5.74, 6) is 1.44. The molecule has 0 saturated heterocycles. The molecule has 0 radical (unpaired) electrons. The van der Waals surface area contributed by atoms with Crippen LogP contribution in [0.5, 0.6) is 0 Å². The fourth-order valence-corrected chi connectivity index (χ4v) is 1.84. The number of hydrogen-bond acceptors (Lipinski definition) is 5. The van der Waals surface area contributed by atoms with Crippen LogP contribution in [0, 0.1) is 0 Å². The molecule has 1 heterocycles. The van der Waals surface area contributed by atoms with Crippen LogP contribution in [-0.2, 0) is 4.79 Å². The second-order valence-electron chi connectivity index (χ2n) is 4.47. The van der Waals surface area contributed by atoms with Crippen LogP contribution >= 0.6 is 0 Å². The van der Waals surface area contributed by atoms with Gasteiger partial charge in [-0.2, -0.15) is 0 Å². The molecule has 0 bridgehead atoms. The van der Waals surface area contributed by atoms with E-state index in [1.54, 1.807) is 11.9 Å². The highest BCUT2D eigenvalue weighted by Gasteiger charge is 2.18. The Bertz CT molecular complexity index is 419. The van der Waals surface area contributed by atoms with Crippen molar-refractivity contribution in [2.75, 3.05) is 30.4 Å². The van der Waals surface area contributed by atoms with Gasteiger partial charge in [0.15, 0.2) is 0 Å². The molecule has 18 heavy (non-hydrogen) atoms. The SMILES string of the molecule is CCNc1ncnc(N(C)CC(N)=O)c1C(C)C. The van der Waals surface area contributed by atoms with Gasteiger partial charge in [-0.3, -0.25) is 4.79 Å². The summed E-state index contributed by atoms with van der Waals surface area (Å²) in [7, 11) is 1.80. The summed E-state index contributed by atoms with van der Waals surface area (Å²) >= 11 is 0. The Balaban J connectivity index is 3.17. The van der Waals surface area contributed by atoms with Gasteiger partial charge in [0.05, 0.1) is 6.54 Å². The summed E-state index contributed by atoms with van der Waals surface area (Å²) in [6.45, 7) is 7.08. The lowest BCUT2D eigenvalue weighted by atomic mass is 10.0. The molecule has 0 aliphatic carbocycles. The molecule has 0 saturated carbocycles. The maximum absolute atomic E-state index is 11.0. The van der Waals surface area contributed by atoms with Crippen molar-refractivity contribution in [1.29, 1.82) is 0 Å². The average molecular weight is 251 g/mol. The van der Waals surface area contributed by atoms with Crippen LogP contribution in [0.3, 0.4) is 0 Å². The van der Waals surface area contributed by atoms with Crippen molar-refractivity contribution in [3.63, 3.8) is 0 Å². The quantitative estimate of drug-likeness (QED) is 0.786. The molecular weight excluding hydrogens is 230 g/mol. The van der Waals surface area contributed by atoms with E-state index >= 15 is 0 Å². The molecule has 0 aliphatic rings. The van der Waals surface area contributed by atoms with Gasteiger partial charge >= 0.3 is 0 Å². The zero-order chi connectivity index (χ0) is 13.7. The molecule has 0 aliphatic heterocycles. The maximum Gasteiger partial charge on any atom is 0.236 e. The molecule has 0 spiro atoms. The van der Waals surface area contributed by atoms with Gasteiger partial charge in [-0.1, -0.05) is 13.8 Å². The Kier molecular flexibility index (Phi) is 4.88. The normalized spacial score (nSPS) is 10.5. The van der Waals surface area contributed by atoms with Gasteiger partial charge in [0.25, 0.3) is 0 Å². The smallest absolute Gasteiger partial charge is 0.236 e. The molecule has 1 rings (SSSR count). The van der Waals surface area contributed by atoms with Crippen molar-refractivity contribution in [2.45, 2.75) is 26.7 Å². The van der Waals surface area contributed by atoms with Crippen LogP contribution in [0.2, 0.25) is 0 Å². The van der Waals surface area contributed by atoms with E-state index in [0.29, 0.717) is 0 Å². The summed E-state index contributed by atoms with van der Waals surface area (Å²) in [5.41, 5.74) is 6.22.